The van der Waals surface area contributed by atoms with Gasteiger partial charge in [-0.2, -0.15) is 0 Å². The monoisotopic (exact) mass is 330 g/mol. The van der Waals surface area contributed by atoms with Gasteiger partial charge in [0.1, 0.15) is 0 Å². The highest BCUT2D eigenvalue weighted by molar-refractivity contribution is 5.44. The number of piperidine rings is 1. The zero-order valence-corrected chi connectivity index (χ0v) is 16.6. The van der Waals surface area contributed by atoms with Crippen LogP contribution in [-0.2, 0) is 6.54 Å². The summed E-state index contributed by atoms with van der Waals surface area (Å²) in [7, 11) is 0. The second-order valence-electron chi connectivity index (χ2n) is 8.75. The van der Waals surface area contributed by atoms with Crippen LogP contribution in [0.25, 0.3) is 0 Å². The van der Waals surface area contributed by atoms with E-state index in [1.165, 1.54) is 56.2 Å². The largest absolute Gasteiger partial charge is 0.385 e. The molecular formula is C22H38N2. The van der Waals surface area contributed by atoms with E-state index in [1.807, 2.05) is 0 Å². The molecule has 1 N–H and O–H groups in total. The molecule has 0 radical (unpaired) electrons. The van der Waals surface area contributed by atoms with E-state index in [9.17, 15) is 0 Å². The Kier molecular flexibility index (Phi) is 6.74. The van der Waals surface area contributed by atoms with Crippen molar-refractivity contribution in [2.45, 2.75) is 97.2 Å². The first kappa shape index (κ1) is 19.3. The van der Waals surface area contributed by atoms with Crippen molar-refractivity contribution in [1.29, 1.82) is 0 Å². The molecule has 0 atom stereocenters. The van der Waals surface area contributed by atoms with Crippen LogP contribution < -0.4 is 5.32 Å². The molecule has 0 aromatic heterocycles. The first-order valence-corrected chi connectivity index (χ1v) is 9.96. The molecule has 1 aromatic carbocycles. The van der Waals surface area contributed by atoms with E-state index in [-0.39, 0.29) is 11.1 Å². The highest BCUT2D eigenvalue weighted by Gasteiger charge is 2.40. The topological polar surface area (TPSA) is 15.3 Å². The standard InChI is InChI=1S/C22H38N2/c1-6-7-8-9-17-23-20-13-11-19(12-14-20)18-24-21(2,3)15-10-16-22(24,4)5/h11-14,23H,6-10,15-18H2,1-5H3. The van der Waals surface area contributed by atoms with Crippen LogP contribution in [0.15, 0.2) is 24.3 Å². The molecule has 0 aliphatic carbocycles. The van der Waals surface area contributed by atoms with Gasteiger partial charge in [-0.1, -0.05) is 38.3 Å². The van der Waals surface area contributed by atoms with E-state index in [0.717, 1.165) is 13.1 Å². The quantitative estimate of drug-likeness (QED) is 0.569. The molecule has 1 aliphatic rings. The first-order chi connectivity index (χ1) is 11.3. The van der Waals surface area contributed by atoms with Gasteiger partial charge in [-0.3, -0.25) is 4.90 Å². The summed E-state index contributed by atoms with van der Waals surface area (Å²) >= 11 is 0. The van der Waals surface area contributed by atoms with Gasteiger partial charge in [0.05, 0.1) is 0 Å². The van der Waals surface area contributed by atoms with Gasteiger partial charge in [0.25, 0.3) is 0 Å². The lowest BCUT2D eigenvalue weighted by atomic mass is 9.79. The van der Waals surface area contributed by atoms with Crippen LogP contribution in [0.3, 0.4) is 0 Å². The summed E-state index contributed by atoms with van der Waals surface area (Å²) in [6.07, 6.45) is 9.20. The van der Waals surface area contributed by atoms with Crippen LogP contribution in [0.1, 0.15) is 85.1 Å². The fourth-order valence-corrected chi connectivity index (χ4v) is 4.17. The molecular weight excluding hydrogens is 292 g/mol. The molecule has 1 heterocycles. The Morgan fingerprint density at radius 3 is 2.12 bits per heavy atom. The summed E-state index contributed by atoms with van der Waals surface area (Å²) in [5.74, 6) is 0. The van der Waals surface area contributed by atoms with Crippen molar-refractivity contribution in [3.63, 3.8) is 0 Å². The van der Waals surface area contributed by atoms with Crippen LogP contribution in [0, 0.1) is 0 Å². The fraction of sp³-hybridized carbons (Fsp3) is 0.727. The molecule has 2 nitrogen and oxygen atoms in total. The molecule has 136 valence electrons. The van der Waals surface area contributed by atoms with Gasteiger partial charge in [0.15, 0.2) is 0 Å². The summed E-state index contributed by atoms with van der Waals surface area (Å²) in [5.41, 5.74) is 3.26. The lowest BCUT2D eigenvalue weighted by Gasteiger charge is -2.53. The molecule has 1 aliphatic heterocycles. The average Bonchev–Trinajstić information content (AvgIpc) is 2.52. The lowest BCUT2D eigenvalue weighted by Crippen LogP contribution is -2.57. The fourth-order valence-electron chi connectivity index (χ4n) is 4.17. The highest BCUT2D eigenvalue weighted by atomic mass is 15.3. The average molecular weight is 331 g/mol. The third-order valence-electron chi connectivity index (χ3n) is 5.69. The number of nitrogens with zero attached hydrogens (tertiary/aromatic N) is 1. The van der Waals surface area contributed by atoms with E-state index in [2.05, 4.69) is 69.1 Å². The Morgan fingerprint density at radius 2 is 1.54 bits per heavy atom. The van der Waals surface area contributed by atoms with Crippen molar-refractivity contribution >= 4 is 5.69 Å². The predicted molar refractivity (Wildman–Crippen MR) is 107 cm³/mol. The van der Waals surface area contributed by atoms with Gasteiger partial charge < -0.3 is 5.32 Å². The third-order valence-corrected chi connectivity index (χ3v) is 5.69. The van der Waals surface area contributed by atoms with Crippen LogP contribution in [0.2, 0.25) is 0 Å². The van der Waals surface area contributed by atoms with Gasteiger partial charge >= 0.3 is 0 Å². The molecule has 1 fully saturated rings. The molecule has 0 unspecified atom stereocenters. The van der Waals surface area contributed by atoms with E-state index < -0.39 is 0 Å². The van der Waals surface area contributed by atoms with Crippen molar-refractivity contribution < 1.29 is 0 Å². The molecule has 1 aromatic rings. The van der Waals surface area contributed by atoms with Gasteiger partial charge in [-0.15, -0.1) is 0 Å². The second-order valence-corrected chi connectivity index (χ2v) is 8.75. The summed E-state index contributed by atoms with van der Waals surface area (Å²) in [6.45, 7) is 14.0. The number of anilines is 1. The molecule has 1 saturated heterocycles. The molecule has 2 rings (SSSR count). The second kappa shape index (κ2) is 8.38. The Bertz CT molecular complexity index is 471. The van der Waals surface area contributed by atoms with Crippen molar-refractivity contribution in [2.75, 3.05) is 11.9 Å². The predicted octanol–water partition coefficient (Wildman–Crippen LogP) is 6.22. The summed E-state index contributed by atoms with van der Waals surface area (Å²) in [4.78, 5) is 2.71. The normalized spacial score (nSPS) is 20.0. The van der Waals surface area contributed by atoms with E-state index in [1.54, 1.807) is 0 Å². The number of hydrogen-bond acceptors (Lipinski definition) is 2. The van der Waals surface area contributed by atoms with Crippen molar-refractivity contribution in [3.8, 4) is 0 Å². The van der Waals surface area contributed by atoms with E-state index in [4.69, 9.17) is 0 Å². The van der Waals surface area contributed by atoms with E-state index in [0.29, 0.717) is 0 Å². The summed E-state index contributed by atoms with van der Waals surface area (Å²) in [5, 5.41) is 3.55. The number of benzene rings is 1. The van der Waals surface area contributed by atoms with Gasteiger partial charge in [-0.05, 0) is 71.1 Å². The van der Waals surface area contributed by atoms with Crippen molar-refractivity contribution in [2.24, 2.45) is 0 Å². The maximum atomic E-state index is 3.55. The minimum Gasteiger partial charge on any atom is -0.385 e. The maximum absolute atomic E-state index is 3.55. The van der Waals surface area contributed by atoms with Crippen LogP contribution >= 0.6 is 0 Å². The van der Waals surface area contributed by atoms with Crippen LogP contribution in [0.4, 0.5) is 5.69 Å². The van der Waals surface area contributed by atoms with Gasteiger partial charge in [-0.25, -0.2) is 0 Å². The minimum atomic E-state index is 0.290. The van der Waals surface area contributed by atoms with Crippen LogP contribution in [-0.4, -0.2) is 22.5 Å². The third kappa shape index (κ3) is 5.24. The SMILES string of the molecule is CCCCCCNc1ccc(CN2C(C)(C)CCCC2(C)C)cc1. The lowest BCUT2D eigenvalue weighted by molar-refractivity contribution is -0.0340. The van der Waals surface area contributed by atoms with Crippen LogP contribution in [0.5, 0.6) is 0 Å². The Hall–Kier alpha value is -1.02. The Morgan fingerprint density at radius 1 is 0.917 bits per heavy atom. The zero-order chi connectivity index (χ0) is 17.6. The van der Waals surface area contributed by atoms with E-state index >= 15 is 0 Å². The minimum absolute atomic E-state index is 0.290. The summed E-state index contributed by atoms with van der Waals surface area (Å²) in [6, 6.07) is 9.10. The number of hydrogen-bond donors (Lipinski definition) is 1. The number of nitrogens with one attached hydrogen (secondary N) is 1. The molecule has 0 saturated carbocycles. The Labute approximate surface area is 150 Å². The maximum Gasteiger partial charge on any atom is 0.0340 e. The molecule has 0 bridgehead atoms. The molecule has 0 spiro atoms. The smallest absolute Gasteiger partial charge is 0.0340 e. The number of likely N-dealkylation sites (tertiary alicyclic amines) is 1. The number of unbranched alkanes of at least 4 members (excludes halogenated alkanes) is 3. The summed E-state index contributed by atoms with van der Waals surface area (Å²) < 4.78 is 0. The highest BCUT2D eigenvalue weighted by Crippen LogP contribution is 2.39. The molecule has 2 heteroatoms. The number of rotatable bonds is 8. The van der Waals surface area contributed by atoms with Crippen molar-refractivity contribution in [3.05, 3.63) is 29.8 Å². The first-order valence-electron chi connectivity index (χ1n) is 9.96. The zero-order valence-electron chi connectivity index (χ0n) is 16.6. The molecule has 24 heavy (non-hydrogen) atoms. The van der Waals surface area contributed by atoms with Crippen molar-refractivity contribution in [1.82, 2.24) is 4.90 Å². The Balaban J connectivity index is 1.91. The van der Waals surface area contributed by atoms with Gasteiger partial charge in [0.2, 0.25) is 0 Å². The molecule has 0 amide bonds. The van der Waals surface area contributed by atoms with Gasteiger partial charge in [0, 0.05) is 29.9 Å².